The van der Waals surface area contributed by atoms with Crippen molar-refractivity contribution < 1.29 is 9.53 Å². The van der Waals surface area contributed by atoms with Crippen LogP contribution in [0.1, 0.15) is 26.7 Å². The lowest BCUT2D eigenvalue weighted by Crippen LogP contribution is -2.42. The maximum Gasteiger partial charge on any atom is 0.225 e. The second kappa shape index (κ2) is 4.72. The minimum atomic E-state index is 0.0740. The normalized spacial score (nSPS) is 29.4. The Morgan fingerprint density at radius 2 is 2.38 bits per heavy atom. The fourth-order valence-electron chi connectivity index (χ4n) is 2.40. The van der Waals surface area contributed by atoms with Crippen LogP contribution >= 0.6 is 0 Å². The zero-order valence-electron chi connectivity index (χ0n) is 10.3. The fraction of sp³-hybridized carbons (Fsp3) is 0.917. The van der Waals surface area contributed by atoms with Gasteiger partial charge in [-0.3, -0.25) is 4.79 Å². The van der Waals surface area contributed by atoms with Crippen molar-refractivity contribution in [1.29, 1.82) is 0 Å². The van der Waals surface area contributed by atoms with Gasteiger partial charge in [0.25, 0.3) is 0 Å². The number of nitrogens with one attached hydrogen (secondary N) is 1. The first-order valence-corrected chi connectivity index (χ1v) is 6.17. The summed E-state index contributed by atoms with van der Waals surface area (Å²) >= 11 is 0. The number of hydrogen-bond donors (Lipinski definition) is 1. The molecule has 0 saturated carbocycles. The van der Waals surface area contributed by atoms with E-state index in [0.717, 1.165) is 39.2 Å². The summed E-state index contributed by atoms with van der Waals surface area (Å²) < 4.78 is 5.55. The number of carbonyl (C=O) groups excluding carboxylic acids is 1. The van der Waals surface area contributed by atoms with E-state index in [4.69, 9.17) is 4.74 Å². The van der Waals surface area contributed by atoms with Crippen molar-refractivity contribution in [2.75, 3.05) is 32.8 Å². The van der Waals surface area contributed by atoms with E-state index in [1.54, 1.807) is 0 Å². The number of hydrogen-bond acceptors (Lipinski definition) is 3. The summed E-state index contributed by atoms with van der Waals surface area (Å²) in [5, 5.41) is 3.25. The third-order valence-electron chi connectivity index (χ3n) is 3.44. The maximum atomic E-state index is 12.0. The quantitative estimate of drug-likeness (QED) is 0.750. The minimum absolute atomic E-state index is 0.0740. The van der Waals surface area contributed by atoms with Crippen molar-refractivity contribution in [2.45, 2.75) is 32.8 Å². The van der Waals surface area contributed by atoms with E-state index in [2.05, 4.69) is 19.2 Å². The number of ether oxygens (including phenoxy) is 1. The molecule has 0 bridgehead atoms. The number of nitrogens with zero attached hydrogens (tertiary/aromatic N) is 1. The molecule has 92 valence electrons. The lowest BCUT2D eigenvalue weighted by molar-refractivity contribution is -0.134. The zero-order chi connectivity index (χ0) is 11.6. The highest BCUT2D eigenvalue weighted by Crippen LogP contribution is 2.29. The number of amides is 1. The Kier molecular flexibility index (Phi) is 3.50. The topological polar surface area (TPSA) is 41.6 Å². The Balaban J connectivity index is 1.79. The monoisotopic (exact) mass is 226 g/mol. The number of morpholine rings is 1. The van der Waals surface area contributed by atoms with Gasteiger partial charge in [-0.05, 0) is 11.8 Å². The standard InChI is InChI=1S/C12H22N2O2/c1-12(2)3-5-14(9-12)11(15)7-10-8-13-4-6-16-10/h10,13H,3-9H2,1-2H3. The molecule has 0 aromatic rings. The van der Waals surface area contributed by atoms with E-state index in [-0.39, 0.29) is 12.0 Å². The van der Waals surface area contributed by atoms with Crippen LogP contribution < -0.4 is 5.32 Å². The fourth-order valence-corrected chi connectivity index (χ4v) is 2.40. The second-order valence-electron chi connectivity index (χ2n) is 5.63. The molecule has 1 amide bonds. The van der Waals surface area contributed by atoms with Gasteiger partial charge in [-0.1, -0.05) is 13.8 Å². The van der Waals surface area contributed by atoms with Crippen LogP contribution in [0, 0.1) is 5.41 Å². The maximum absolute atomic E-state index is 12.0. The Hall–Kier alpha value is -0.610. The van der Waals surface area contributed by atoms with Gasteiger partial charge in [0.1, 0.15) is 0 Å². The molecular formula is C12H22N2O2. The molecule has 16 heavy (non-hydrogen) atoms. The molecule has 2 rings (SSSR count). The predicted molar refractivity (Wildman–Crippen MR) is 62.2 cm³/mol. The molecule has 0 spiro atoms. The number of rotatable bonds is 2. The van der Waals surface area contributed by atoms with E-state index in [1.165, 1.54) is 0 Å². The van der Waals surface area contributed by atoms with Crippen LogP contribution in [0.4, 0.5) is 0 Å². The highest BCUT2D eigenvalue weighted by Gasteiger charge is 2.32. The van der Waals surface area contributed by atoms with Gasteiger partial charge in [-0.15, -0.1) is 0 Å². The lowest BCUT2D eigenvalue weighted by atomic mass is 9.93. The first kappa shape index (κ1) is 11.9. The summed E-state index contributed by atoms with van der Waals surface area (Å²) in [5.74, 6) is 0.249. The van der Waals surface area contributed by atoms with Gasteiger partial charge in [-0.2, -0.15) is 0 Å². The summed E-state index contributed by atoms with van der Waals surface area (Å²) in [6.45, 7) is 8.68. The van der Waals surface area contributed by atoms with Crippen molar-refractivity contribution in [3.63, 3.8) is 0 Å². The Morgan fingerprint density at radius 3 is 2.94 bits per heavy atom. The summed E-state index contributed by atoms with van der Waals surface area (Å²) in [7, 11) is 0. The number of carbonyl (C=O) groups is 1. The van der Waals surface area contributed by atoms with Crippen molar-refractivity contribution in [3.8, 4) is 0 Å². The molecular weight excluding hydrogens is 204 g/mol. The smallest absolute Gasteiger partial charge is 0.225 e. The molecule has 2 saturated heterocycles. The lowest BCUT2D eigenvalue weighted by Gasteiger charge is -2.26. The third-order valence-corrected chi connectivity index (χ3v) is 3.44. The predicted octanol–water partition coefficient (Wildman–Crippen LogP) is 0.623. The first-order valence-electron chi connectivity index (χ1n) is 6.17. The highest BCUT2D eigenvalue weighted by molar-refractivity contribution is 5.77. The molecule has 1 unspecified atom stereocenters. The first-order chi connectivity index (χ1) is 7.57. The van der Waals surface area contributed by atoms with E-state index in [0.29, 0.717) is 11.8 Å². The van der Waals surface area contributed by atoms with Gasteiger partial charge in [0.15, 0.2) is 0 Å². The molecule has 0 aromatic carbocycles. The SMILES string of the molecule is CC1(C)CCN(C(=O)CC2CNCCO2)C1. The molecule has 4 nitrogen and oxygen atoms in total. The summed E-state index contributed by atoms with van der Waals surface area (Å²) in [6.07, 6.45) is 1.72. The van der Waals surface area contributed by atoms with Crippen molar-refractivity contribution in [3.05, 3.63) is 0 Å². The van der Waals surface area contributed by atoms with E-state index in [9.17, 15) is 4.79 Å². The third kappa shape index (κ3) is 2.95. The van der Waals surface area contributed by atoms with Crippen LogP contribution in [0.2, 0.25) is 0 Å². The average molecular weight is 226 g/mol. The van der Waals surface area contributed by atoms with E-state index < -0.39 is 0 Å². The molecule has 1 N–H and O–H groups in total. The van der Waals surface area contributed by atoms with Crippen LogP contribution in [-0.2, 0) is 9.53 Å². The van der Waals surface area contributed by atoms with E-state index in [1.807, 2.05) is 4.90 Å². The highest BCUT2D eigenvalue weighted by atomic mass is 16.5. The van der Waals surface area contributed by atoms with Crippen molar-refractivity contribution >= 4 is 5.91 Å². The molecule has 2 fully saturated rings. The zero-order valence-corrected chi connectivity index (χ0v) is 10.3. The van der Waals surface area contributed by atoms with Gasteiger partial charge in [-0.25, -0.2) is 0 Å². The van der Waals surface area contributed by atoms with Crippen LogP contribution in [0.25, 0.3) is 0 Å². The van der Waals surface area contributed by atoms with Gasteiger partial charge < -0.3 is 15.0 Å². The molecule has 2 aliphatic heterocycles. The van der Waals surface area contributed by atoms with Crippen LogP contribution in [0.5, 0.6) is 0 Å². The molecule has 1 atom stereocenters. The largest absolute Gasteiger partial charge is 0.375 e. The summed E-state index contributed by atoms with van der Waals surface area (Å²) in [5.41, 5.74) is 0.293. The van der Waals surface area contributed by atoms with Crippen molar-refractivity contribution in [1.82, 2.24) is 10.2 Å². The summed E-state index contributed by atoms with van der Waals surface area (Å²) in [4.78, 5) is 14.0. The summed E-state index contributed by atoms with van der Waals surface area (Å²) in [6, 6.07) is 0. The Labute approximate surface area is 97.3 Å². The van der Waals surface area contributed by atoms with Crippen molar-refractivity contribution in [2.24, 2.45) is 5.41 Å². The van der Waals surface area contributed by atoms with Gasteiger partial charge in [0, 0.05) is 26.2 Å². The van der Waals surface area contributed by atoms with Gasteiger partial charge in [0.05, 0.1) is 19.1 Å². The minimum Gasteiger partial charge on any atom is -0.375 e. The number of likely N-dealkylation sites (tertiary alicyclic amines) is 1. The van der Waals surface area contributed by atoms with Crippen LogP contribution in [0.3, 0.4) is 0 Å². The average Bonchev–Trinajstić information content (AvgIpc) is 2.60. The van der Waals surface area contributed by atoms with E-state index >= 15 is 0 Å². The molecule has 2 heterocycles. The second-order valence-corrected chi connectivity index (χ2v) is 5.63. The molecule has 4 heteroatoms. The Morgan fingerprint density at radius 1 is 1.56 bits per heavy atom. The molecule has 0 radical (unpaired) electrons. The van der Waals surface area contributed by atoms with Crippen LogP contribution in [-0.4, -0.2) is 49.7 Å². The molecule has 0 aliphatic carbocycles. The van der Waals surface area contributed by atoms with Gasteiger partial charge >= 0.3 is 0 Å². The molecule has 2 aliphatic rings. The van der Waals surface area contributed by atoms with Crippen LogP contribution in [0.15, 0.2) is 0 Å². The molecule has 0 aromatic heterocycles. The van der Waals surface area contributed by atoms with Gasteiger partial charge in [0.2, 0.25) is 5.91 Å². The Bertz CT molecular complexity index is 260.